The molecule has 90 valence electrons. The van der Waals surface area contributed by atoms with Gasteiger partial charge in [0.25, 0.3) is 5.56 Å². The molecule has 0 bridgehead atoms. The van der Waals surface area contributed by atoms with Crippen LogP contribution in [0, 0.1) is 6.92 Å². The van der Waals surface area contributed by atoms with Gasteiger partial charge in [-0.1, -0.05) is 6.07 Å². The number of aromatic nitrogens is 1. The largest absolute Gasteiger partial charge is 0.370 e. The van der Waals surface area contributed by atoms with Crippen LogP contribution in [0.5, 0.6) is 0 Å². The highest BCUT2D eigenvalue weighted by atomic mass is 127. The third-order valence-corrected chi connectivity index (χ3v) is 2.33. The van der Waals surface area contributed by atoms with Crippen LogP contribution in [0.4, 0.5) is 0 Å². The zero-order chi connectivity index (χ0) is 11.4. The molecule has 1 heterocycles. The molecular formula is C10H17IN4O. The molecule has 0 unspecified atom stereocenters. The van der Waals surface area contributed by atoms with E-state index in [-0.39, 0.29) is 29.5 Å². The van der Waals surface area contributed by atoms with Gasteiger partial charge in [-0.25, -0.2) is 0 Å². The number of pyridine rings is 1. The van der Waals surface area contributed by atoms with E-state index in [0.717, 1.165) is 5.69 Å². The number of nitrogens with one attached hydrogen (secondary N) is 1. The van der Waals surface area contributed by atoms with Crippen molar-refractivity contribution < 1.29 is 0 Å². The summed E-state index contributed by atoms with van der Waals surface area (Å²) < 4.78 is 1.61. The van der Waals surface area contributed by atoms with Crippen molar-refractivity contribution in [1.82, 2.24) is 9.88 Å². The number of nitrogens with two attached hydrogens (primary N) is 1. The lowest BCUT2D eigenvalue weighted by molar-refractivity contribution is 0.777. The summed E-state index contributed by atoms with van der Waals surface area (Å²) in [5, 5.41) is 2.85. The summed E-state index contributed by atoms with van der Waals surface area (Å²) in [6.45, 7) is 2.29. The molecule has 0 aliphatic heterocycles. The minimum absolute atomic E-state index is 0. The molecule has 6 heteroatoms. The predicted molar refractivity (Wildman–Crippen MR) is 76.2 cm³/mol. The molecule has 1 aromatic rings. The number of aryl methyl sites for hydroxylation is 1. The Morgan fingerprint density at radius 3 is 2.75 bits per heavy atom. The fourth-order valence-corrected chi connectivity index (χ4v) is 1.18. The zero-order valence-corrected chi connectivity index (χ0v) is 12.0. The van der Waals surface area contributed by atoms with Crippen LogP contribution in [0.15, 0.2) is 21.9 Å². The van der Waals surface area contributed by atoms with E-state index in [2.05, 4.69) is 10.3 Å². The topological polar surface area (TPSA) is 72.4 Å². The van der Waals surface area contributed by atoms with Gasteiger partial charge < -0.3 is 15.6 Å². The molecule has 0 atom stereocenters. The molecule has 0 aliphatic rings. The molecule has 0 amide bonds. The molecular weight excluding hydrogens is 319 g/mol. The van der Waals surface area contributed by atoms with Crippen LogP contribution in [-0.4, -0.2) is 17.6 Å². The summed E-state index contributed by atoms with van der Waals surface area (Å²) in [6.07, 6.45) is 0. The predicted octanol–water partition coefficient (Wildman–Crippen LogP) is 0.346. The Kier molecular flexibility index (Phi) is 6.09. The minimum Gasteiger partial charge on any atom is -0.370 e. The summed E-state index contributed by atoms with van der Waals surface area (Å²) in [4.78, 5) is 15.5. The van der Waals surface area contributed by atoms with E-state index in [9.17, 15) is 4.79 Å². The summed E-state index contributed by atoms with van der Waals surface area (Å²) in [5.41, 5.74) is 7.07. The fourth-order valence-electron chi connectivity index (χ4n) is 1.18. The van der Waals surface area contributed by atoms with Crippen LogP contribution < -0.4 is 16.6 Å². The highest BCUT2D eigenvalue weighted by Gasteiger charge is 2.02. The Morgan fingerprint density at radius 2 is 2.19 bits per heavy atom. The maximum Gasteiger partial charge on any atom is 0.255 e. The van der Waals surface area contributed by atoms with Crippen LogP contribution in [0.2, 0.25) is 0 Å². The van der Waals surface area contributed by atoms with Gasteiger partial charge in [-0.15, -0.1) is 24.0 Å². The first-order valence-corrected chi connectivity index (χ1v) is 4.68. The Balaban J connectivity index is 0.00000225. The quantitative estimate of drug-likeness (QED) is 0.465. The molecule has 0 aliphatic carbocycles. The summed E-state index contributed by atoms with van der Waals surface area (Å²) in [5.74, 6) is 0.331. The number of hydrogen-bond donors (Lipinski definition) is 2. The van der Waals surface area contributed by atoms with Crippen LogP contribution in [0.3, 0.4) is 0 Å². The normalized spacial score (nSPS) is 10.8. The van der Waals surface area contributed by atoms with E-state index in [4.69, 9.17) is 5.73 Å². The lowest BCUT2D eigenvalue weighted by Gasteiger charge is -2.08. The van der Waals surface area contributed by atoms with Crippen molar-refractivity contribution in [2.75, 3.05) is 7.05 Å². The average molecular weight is 336 g/mol. The molecule has 0 fully saturated rings. The van der Waals surface area contributed by atoms with E-state index in [1.165, 1.54) is 0 Å². The van der Waals surface area contributed by atoms with E-state index >= 15 is 0 Å². The molecule has 1 rings (SSSR count). The smallest absolute Gasteiger partial charge is 0.255 e. The van der Waals surface area contributed by atoms with Crippen LogP contribution >= 0.6 is 24.0 Å². The maximum absolute atomic E-state index is 11.7. The highest BCUT2D eigenvalue weighted by molar-refractivity contribution is 14.0. The number of hydrogen-bond acceptors (Lipinski definition) is 2. The first-order valence-electron chi connectivity index (χ1n) is 4.68. The van der Waals surface area contributed by atoms with Gasteiger partial charge in [0.2, 0.25) is 0 Å². The Morgan fingerprint density at radius 1 is 1.56 bits per heavy atom. The van der Waals surface area contributed by atoms with Crippen molar-refractivity contribution in [3.8, 4) is 0 Å². The van der Waals surface area contributed by atoms with Gasteiger partial charge in [0.15, 0.2) is 5.96 Å². The van der Waals surface area contributed by atoms with Gasteiger partial charge in [-0.3, -0.25) is 9.79 Å². The van der Waals surface area contributed by atoms with Crippen molar-refractivity contribution >= 4 is 29.9 Å². The number of nitrogens with zero attached hydrogens (tertiary/aromatic N) is 2. The molecule has 1 aromatic heterocycles. The second kappa shape index (κ2) is 6.51. The first kappa shape index (κ1) is 14.9. The standard InChI is InChI=1S/C10H16N4O.HI/c1-7-4-5-8(9(15)14(7)3)6-13-10(11)12-2;/h4-5H,6H2,1-3H3,(H3,11,12,13);1H. The molecule has 0 radical (unpaired) electrons. The third-order valence-electron chi connectivity index (χ3n) is 2.33. The molecule has 3 N–H and O–H groups in total. The Bertz CT molecular complexity index is 439. The molecule has 0 saturated heterocycles. The Hall–Kier alpha value is -1.05. The number of guanidine groups is 1. The third kappa shape index (κ3) is 3.51. The fraction of sp³-hybridized carbons (Fsp3) is 0.400. The lowest BCUT2D eigenvalue weighted by Crippen LogP contribution is -2.34. The van der Waals surface area contributed by atoms with Crippen molar-refractivity contribution in [1.29, 1.82) is 0 Å². The molecule has 0 spiro atoms. The Labute approximate surface area is 112 Å². The van der Waals surface area contributed by atoms with Crippen molar-refractivity contribution in [3.05, 3.63) is 33.7 Å². The van der Waals surface area contributed by atoms with Crippen LogP contribution in [0.25, 0.3) is 0 Å². The van der Waals surface area contributed by atoms with Gasteiger partial charge in [0.05, 0.1) is 0 Å². The summed E-state index contributed by atoms with van der Waals surface area (Å²) in [7, 11) is 3.34. The second-order valence-electron chi connectivity index (χ2n) is 3.33. The van der Waals surface area contributed by atoms with E-state index in [1.54, 1.807) is 24.7 Å². The van der Waals surface area contributed by atoms with Gasteiger partial charge in [0, 0.05) is 31.9 Å². The van der Waals surface area contributed by atoms with Gasteiger partial charge >= 0.3 is 0 Å². The molecule has 0 aromatic carbocycles. The highest BCUT2D eigenvalue weighted by Crippen LogP contribution is 1.95. The second-order valence-corrected chi connectivity index (χ2v) is 3.33. The SMILES string of the molecule is CN=C(N)NCc1ccc(C)n(C)c1=O.I. The number of halogens is 1. The minimum atomic E-state index is -0.00796. The summed E-state index contributed by atoms with van der Waals surface area (Å²) >= 11 is 0. The molecule has 0 saturated carbocycles. The van der Waals surface area contributed by atoms with E-state index < -0.39 is 0 Å². The zero-order valence-electron chi connectivity index (χ0n) is 9.65. The van der Waals surface area contributed by atoms with Crippen molar-refractivity contribution in [3.63, 3.8) is 0 Å². The van der Waals surface area contributed by atoms with Gasteiger partial charge in [-0.05, 0) is 13.0 Å². The molecule has 16 heavy (non-hydrogen) atoms. The molecule has 5 nitrogen and oxygen atoms in total. The van der Waals surface area contributed by atoms with E-state index in [1.807, 2.05) is 13.0 Å². The van der Waals surface area contributed by atoms with Crippen molar-refractivity contribution in [2.24, 2.45) is 17.8 Å². The van der Waals surface area contributed by atoms with Gasteiger partial charge in [-0.2, -0.15) is 0 Å². The first-order chi connectivity index (χ1) is 7.06. The van der Waals surface area contributed by atoms with Gasteiger partial charge in [0.1, 0.15) is 0 Å². The maximum atomic E-state index is 11.7. The number of aliphatic imine (C=N–C) groups is 1. The average Bonchev–Trinajstić information content (AvgIpc) is 2.24. The number of rotatable bonds is 2. The van der Waals surface area contributed by atoms with Crippen molar-refractivity contribution in [2.45, 2.75) is 13.5 Å². The van der Waals surface area contributed by atoms with Crippen LogP contribution in [0.1, 0.15) is 11.3 Å². The monoisotopic (exact) mass is 336 g/mol. The lowest BCUT2D eigenvalue weighted by atomic mass is 10.2. The summed E-state index contributed by atoms with van der Waals surface area (Å²) in [6, 6.07) is 3.70. The van der Waals surface area contributed by atoms with E-state index in [0.29, 0.717) is 18.1 Å². The van der Waals surface area contributed by atoms with Crippen LogP contribution in [-0.2, 0) is 13.6 Å².